The molecule has 4 aromatic rings. The number of thiazole rings is 1. The monoisotopic (exact) mass is 391 g/mol. The molecule has 2 aromatic carbocycles. The number of hydrogen-bond acceptors (Lipinski definition) is 6. The van der Waals surface area contributed by atoms with E-state index in [1.807, 2.05) is 42.6 Å². The molecule has 2 heterocycles. The molecule has 0 fully saturated rings. The highest BCUT2D eigenvalue weighted by Gasteiger charge is 2.18. The Morgan fingerprint density at radius 1 is 1.07 bits per heavy atom. The third kappa shape index (κ3) is 3.70. The number of carbonyl (C=O) groups is 1. The van der Waals surface area contributed by atoms with Crippen molar-refractivity contribution < 1.29 is 9.53 Å². The molecule has 6 nitrogen and oxygen atoms in total. The number of rotatable bonds is 5. The lowest BCUT2D eigenvalue weighted by Crippen LogP contribution is -2.27. The predicted octanol–water partition coefficient (Wildman–Crippen LogP) is 3.57. The van der Waals surface area contributed by atoms with Crippen molar-refractivity contribution in [3.63, 3.8) is 0 Å². The van der Waals surface area contributed by atoms with E-state index in [1.165, 1.54) is 16.0 Å². The Morgan fingerprint density at radius 3 is 2.50 bits per heavy atom. The van der Waals surface area contributed by atoms with E-state index in [2.05, 4.69) is 10.1 Å². The molecular formula is C21H17N3O3S. The lowest BCUT2D eigenvalue weighted by atomic mass is 10.1. The van der Waals surface area contributed by atoms with Gasteiger partial charge in [0.2, 0.25) is 0 Å². The maximum Gasteiger partial charge on any atom is 0.359 e. The van der Waals surface area contributed by atoms with Gasteiger partial charge in [0.1, 0.15) is 6.61 Å². The smallest absolute Gasteiger partial charge is 0.359 e. The number of benzene rings is 2. The molecule has 2 aromatic heterocycles. The van der Waals surface area contributed by atoms with Crippen molar-refractivity contribution in [1.82, 2.24) is 14.8 Å². The second kappa shape index (κ2) is 7.74. The van der Waals surface area contributed by atoms with Crippen LogP contribution in [-0.4, -0.2) is 20.7 Å². The average molecular weight is 391 g/mol. The summed E-state index contributed by atoms with van der Waals surface area (Å²) in [7, 11) is 0. The molecule has 4 rings (SSSR count). The van der Waals surface area contributed by atoms with Crippen LogP contribution in [0.5, 0.6) is 0 Å². The molecule has 0 spiro atoms. The normalized spacial score (nSPS) is 10.9. The van der Waals surface area contributed by atoms with Gasteiger partial charge in [0.15, 0.2) is 5.69 Å². The van der Waals surface area contributed by atoms with E-state index < -0.39 is 5.97 Å². The van der Waals surface area contributed by atoms with Crippen LogP contribution in [0.25, 0.3) is 10.8 Å². The lowest BCUT2D eigenvalue weighted by molar-refractivity contribution is 0.0461. The summed E-state index contributed by atoms with van der Waals surface area (Å²) < 4.78 is 6.71. The minimum absolute atomic E-state index is 0.0665. The van der Waals surface area contributed by atoms with Gasteiger partial charge in [-0.1, -0.05) is 48.5 Å². The van der Waals surface area contributed by atoms with Gasteiger partial charge < -0.3 is 4.74 Å². The van der Waals surface area contributed by atoms with Gasteiger partial charge in [-0.3, -0.25) is 4.79 Å². The molecule has 7 heteroatoms. The standard InChI is InChI=1S/C21H17N3O3S/c1-14-22-16(13-28-14)12-27-21(26)19-17-9-5-6-10-18(17)20(25)24(23-19)11-15-7-3-2-4-8-15/h2-10,13H,11-12H2,1H3. The maximum atomic E-state index is 12.8. The molecule has 0 radical (unpaired) electrons. The van der Waals surface area contributed by atoms with E-state index in [0.29, 0.717) is 16.5 Å². The van der Waals surface area contributed by atoms with Crippen molar-refractivity contribution in [1.29, 1.82) is 0 Å². The molecule has 28 heavy (non-hydrogen) atoms. The number of esters is 1. The van der Waals surface area contributed by atoms with Crippen LogP contribution in [0.1, 0.15) is 26.8 Å². The first-order valence-electron chi connectivity index (χ1n) is 8.74. The zero-order chi connectivity index (χ0) is 19.5. The highest BCUT2D eigenvalue weighted by molar-refractivity contribution is 7.09. The third-order valence-corrected chi connectivity index (χ3v) is 5.08. The van der Waals surface area contributed by atoms with Crippen molar-refractivity contribution in [3.8, 4) is 0 Å². The summed E-state index contributed by atoms with van der Waals surface area (Å²) in [5, 5.41) is 8.00. The molecule has 0 aliphatic rings. The van der Waals surface area contributed by atoms with Crippen LogP contribution < -0.4 is 5.56 Å². The van der Waals surface area contributed by atoms with Crippen molar-refractivity contribution in [2.75, 3.05) is 0 Å². The minimum atomic E-state index is -0.580. The minimum Gasteiger partial charge on any atom is -0.454 e. The van der Waals surface area contributed by atoms with Crippen LogP contribution in [0.15, 0.2) is 64.8 Å². The van der Waals surface area contributed by atoms with E-state index in [4.69, 9.17) is 4.74 Å². The van der Waals surface area contributed by atoms with Gasteiger partial charge >= 0.3 is 5.97 Å². The second-order valence-corrected chi connectivity index (χ2v) is 7.34. The fraction of sp³-hybridized carbons (Fsp3) is 0.143. The molecule has 0 aliphatic heterocycles. The van der Waals surface area contributed by atoms with E-state index in [0.717, 1.165) is 10.6 Å². The Hall–Kier alpha value is -3.32. The predicted molar refractivity (Wildman–Crippen MR) is 108 cm³/mol. The van der Waals surface area contributed by atoms with E-state index in [-0.39, 0.29) is 24.4 Å². The molecule has 140 valence electrons. The largest absolute Gasteiger partial charge is 0.454 e. The fourth-order valence-electron chi connectivity index (χ4n) is 2.93. The zero-order valence-electron chi connectivity index (χ0n) is 15.2. The number of fused-ring (bicyclic) bond motifs is 1. The van der Waals surface area contributed by atoms with Crippen LogP contribution >= 0.6 is 11.3 Å². The van der Waals surface area contributed by atoms with Gasteiger partial charge in [0.25, 0.3) is 5.56 Å². The molecule has 0 saturated heterocycles. The molecule has 0 bridgehead atoms. The SMILES string of the molecule is Cc1nc(COC(=O)c2nn(Cc3ccccc3)c(=O)c3ccccc23)cs1. The van der Waals surface area contributed by atoms with E-state index >= 15 is 0 Å². The van der Waals surface area contributed by atoms with Gasteiger partial charge in [-0.15, -0.1) is 11.3 Å². The van der Waals surface area contributed by atoms with Crippen molar-refractivity contribution in [2.45, 2.75) is 20.1 Å². The number of ether oxygens (including phenoxy) is 1. The Bertz CT molecular complexity index is 1200. The molecular weight excluding hydrogens is 374 g/mol. The molecule has 0 amide bonds. The number of aryl methyl sites for hydroxylation is 1. The molecule has 0 saturated carbocycles. The number of hydrogen-bond donors (Lipinski definition) is 0. The van der Waals surface area contributed by atoms with Crippen LogP contribution in [0, 0.1) is 6.92 Å². The van der Waals surface area contributed by atoms with Gasteiger partial charge in [-0.2, -0.15) is 5.10 Å². The molecule has 0 unspecified atom stereocenters. The fourth-order valence-corrected chi connectivity index (χ4v) is 3.53. The van der Waals surface area contributed by atoms with Gasteiger partial charge in [-0.25, -0.2) is 14.5 Å². The quantitative estimate of drug-likeness (QED) is 0.486. The topological polar surface area (TPSA) is 74.1 Å². The number of aromatic nitrogens is 3. The summed E-state index contributed by atoms with van der Waals surface area (Å²) >= 11 is 1.50. The molecule has 0 N–H and O–H groups in total. The van der Waals surface area contributed by atoms with Crippen molar-refractivity contribution in [2.24, 2.45) is 0 Å². The van der Waals surface area contributed by atoms with Crippen molar-refractivity contribution in [3.05, 3.63) is 92.3 Å². The number of nitrogens with zero attached hydrogens (tertiary/aromatic N) is 3. The highest BCUT2D eigenvalue weighted by atomic mass is 32.1. The van der Waals surface area contributed by atoms with Crippen LogP contribution in [-0.2, 0) is 17.9 Å². The second-order valence-electron chi connectivity index (χ2n) is 6.28. The first-order valence-corrected chi connectivity index (χ1v) is 9.61. The summed E-state index contributed by atoms with van der Waals surface area (Å²) in [5.74, 6) is -0.580. The Balaban J connectivity index is 1.70. The van der Waals surface area contributed by atoms with Gasteiger partial charge in [-0.05, 0) is 18.6 Å². The Kier molecular flexibility index (Phi) is 4.99. The summed E-state index contributed by atoms with van der Waals surface area (Å²) in [5.41, 5.74) is 1.49. The molecule has 0 atom stereocenters. The maximum absolute atomic E-state index is 12.8. The van der Waals surface area contributed by atoms with Gasteiger partial charge in [0, 0.05) is 10.8 Å². The summed E-state index contributed by atoms with van der Waals surface area (Å²) in [4.78, 5) is 29.9. The van der Waals surface area contributed by atoms with Crippen LogP contribution in [0.3, 0.4) is 0 Å². The third-order valence-electron chi connectivity index (χ3n) is 4.25. The van der Waals surface area contributed by atoms with Crippen LogP contribution in [0.4, 0.5) is 0 Å². The summed E-state index contributed by atoms with van der Waals surface area (Å²) in [6.07, 6.45) is 0. The summed E-state index contributed by atoms with van der Waals surface area (Å²) in [6, 6.07) is 16.5. The summed E-state index contributed by atoms with van der Waals surface area (Å²) in [6.45, 7) is 2.23. The van der Waals surface area contributed by atoms with Crippen molar-refractivity contribution >= 4 is 28.1 Å². The average Bonchev–Trinajstić information content (AvgIpc) is 3.14. The van der Waals surface area contributed by atoms with Crippen LogP contribution in [0.2, 0.25) is 0 Å². The Labute approximate surface area is 165 Å². The highest BCUT2D eigenvalue weighted by Crippen LogP contribution is 2.16. The number of carbonyl (C=O) groups excluding carboxylic acids is 1. The van der Waals surface area contributed by atoms with E-state index in [1.54, 1.807) is 24.3 Å². The first-order chi connectivity index (χ1) is 13.6. The lowest BCUT2D eigenvalue weighted by Gasteiger charge is -2.11. The van der Waals surface area contributed by atoms with E-state index in [9.17, 15) is 9.59 Å². The first kappa shape index (κ1) is 18.1. The van der Waals surface area contributed by atoms with Gasteiger partial charge in [0.05, 0.1) is 22.6 Å². The molecule has 0 aliphatic carbocycles. The Morgan fingerprint density at radius 2 is 1.79 bits per heavy atom. The zero-order valence-corrected chi connectivity index (χ0v) is 16.0.